The summed E-state index contributed by atoms with van der Waals surface area (Å²) in [7, 11) is 0. The Kier molecular flexibility index (Phi) is 5.17. The third kappa shape index (κ3) is 3.73. The number of nitrogens with zero attached hydrogens (tertiary/aromatic N) is 2. The molecule has 0 saturated heterocycles. The van der Waals surface area contributed by atoms with E-state index in [1.807, 2.05) is 30.4 Å². The number of carbonyl (C=O) groups is 1. The molecular weight excluding hydrogens is 366 g/mol. The van der Waals surface area contributed by atoms with Crippen molar-refractivity contribution in [2.75, 3.05) is 6.54 Å². The molecule has 0 aliphatic heterocycles. The predicted molar refractivity (Wildman–Crippen MR) is 104 cm³/mol. The number of amides is 1. The Morgan fingerprint density at radius 1 is 1.27 bits per heavy atom. The van der Waals surface area contributed by atoms with Crippen molar-refractivity contribution in [1.29, 1.82) is 0 Å². The molecule has 0 spiro atoms. The van der Waals surface area contributed by atoms with Crippen molar-refractivity contribution in [3.05, 3.63) is 44.5 Å². The number of thiazole rings is 2. The second-order valence-electron chi connectivity index (χ2n) is 6.45. The summed E-state index contributed by atoms with van der Waals surface area (Å²) < 4.78 is 5.36. The van der Waals surface area contributed by atoms with Gasteiger partial charge in [0, 0.05) is 22.7 Å². The molecule has 0 atom stereocenters. The van der Waals surface area contributed by atoms with Crippen LogP contribution in [0.15, 0.2) is 22.8 Å². The largest absolute Gasteiger partial charge is 0.462 e. The second-order valence-corrected chi connectivity index (χ2v) is 8.82. The molecule has 0 saturated carbocycles. The zero-order valence-corrected chi connectivity index (χ0v) is 16.3. The Balaban J connectivity index is 1.29. The van der Waals surface area contributed by atoms with E-state index < -0.39 is 0 Å². The van der Waals surface area contributed by atoms with Crippen molar-refractivity contribution < 1.29 is 9.21 Å². The summed E-state index contributed by atoms with van der Waals surface area (Å²) in [5, 5.41) is 4.93. The maximum atomic E-state index is 12.4. The van der Waals surface area contributed by atoms with Gasteiger partial charge in [-0.15, -0.1) is 22.7 Å². The Morgan fingerprint density at radius 3 is 2.96 bits per heavy atom. The van der Waals surface area contributed by atoms with Crippen molar-refractivity contribution in [2.45, 2.75) is 45.4 Å². The van der Waals surface area contributed by atoms with Crippen LogP contribution in [0.1, 0.15) is 50.2 Å². The first-order chi connectivity index (χ1) is 12.7. The number of rotatable bonds is 6. The lowest BCUT2D eigenvalue weighted by molar-refractivity contribution is 0.0948. The molecule has 0 fully saturated rings. The molecule has 0 aromatic carbocycles. The SMILES string of the molecule is Cc1sc(-c2ccco2)nc1C(=O)NCCCc1nc2c(s1)CCCC2. The van der Waals surface area contributed by atoms with Gasteiger partial charge in [-0.2, -0.15) is 0 Å². The van der Waals surface area contributed by atoms with Crippen LogP contribution in [0.4, 0.5) is 0 Å². The van der Waals surface area contributed by atoms with Crippen LogP contribution in [-0.2, 0) is 19.3 Å². The fourth-order valence-corrected chi connectivity index (χ4v) is 5.23. The highest BCUT2D eigenvalue weighted by atomic mass is 32.1. The number of hydrogen-bond donors (Lipinski definition) is 1. The van der Waals surface area contributed by atoms with Gasteiger partial charge in [-0.3, -0.25) is 4.79 Å². The van der Waals surface area contributed by atoms with E-state index in [0.717, 1.165) is 29.1 Å². The van der Waals surface area contributed by atoms with Crippen LogP contribution in [0, 0.1) is 6.92 Å². The summed E-state index contributed by atoms with van der Waals surface area (Å²) in [6, 6.07) is 3.68. The molecule has 1 aliphatic rings. The molecule has 3 heterocycles. The summed E-state index contributed by atoms with van der Waals surface area (Å²) in [4.78, 5) is 24.0. The van der Waals surface area contributed by atoms with Gasteiger partial charge in [-0.25, -0.2) is 9.97 Å². The minimum atomic E-state index is -0.116. The number of furan rings is 1. The Hall–Kier alpha value is -1.99. The van der Waals surface area contributed by atoms with Gasteiger partial charge < -0.3 is 9.73 Å². The van der Waals surface area contributed by atoms with Gasteiger partial charge in [0.25, 0.3) is 5.91 Å². The number of hydrogen-bond acceptors (Lipinski definition) is 6. The Bertz CT molecular complexity index is 873. The maximum Gasteiger partial charge on any atom is 0.271 e. The minimum absolute atomic E-state index is 0.116. The standard InChI is InChI=1S/C19H21N3O2S2/c1-12-17(22-19(25-12)14-7-5-11-24-14)18(23)20-10-4-9-16-21-13-6-2-3-8-15(13)26-16/h5,7,11H,2-4,6,8-10H2,1H3,(H,20,23). The molecular formula is C19H21N3O2S2. The summed E-state index contributed by atoms with van der Waals surface area (Å²) >= 11 is 3.33. The number of aromatic nitrogens is 2. The fourth-order valence-electron chi connectivity index (χ4n) is 3.15. The van der Waals surface area contributed by atoms with Crippen molar-refractivity contribution in [3.8, 4) is 10.8 Å². The van der Waals surface area contributed by atoms with Crippen LogP contribution in [0.3, 0.4) is 0 Å². The van der Waals surface area contributed by atoms with Crippen LogP contribution < -0.4 is 5.32 Å². The lowest BCUT2D eigenvalue weighted by Gasteiger charge is -2.06. The number of carbonyl (C=O) groups excluding carboxylic acids is 1. The highest BCUT2D eigenvalue weighted by molar-refractivity contribution is 7.15. The monoisotopic (exact) mass is 387 g/mol. The summed E-state index contributed by atoms with van der Waals surface area (Å²) in [5.41, 5.74) is 1.80. The van der Waals surface area contributed by atoms with E-state index in [4.69, 9.17) is 9.40 Å². The first-order valence-corrected chi connectivity index (χ1v) is 10.6. The molecule has 0 bridgehead atoms. The molecule has 0 radical (unpaired) electrons. The van der Waals surface area contributed by atoms with Crippen LogP contribution >= 0.6 is 22.7 Å². The molecule has 4 rings (SSSR count). The topological polar surface area (TPSA) is 68.0 Å². The fraction of sp³-hybridized carbons (Fsp3) is 0.421. The smallest absolute Gasteiger partial charge is 0.271 e. The van der Waals surface area contributed by atoms with E-state index in [1.165, 1.54) is 46.2 Å². The maximum absolute atomic E-state index is 12.4. The normalized spacial score (nSPS) is 13.6. The van der Waals surface area contributed by atoms with E-state index >= 15 is 0 Å². The second kappa shape index (κ2) is 7.72. The van der Waals surface area contributed by atoms with Gasteiger partial charge >= 0.3 is 0 Å². The lowest BCUT2D eigenvalue weighted by atomic mass is 10.0. The zero-order valence-electron chi connectivity index (χ0n) is 14.7. The van der Waals surface area contributed by atoms with Gasteiger partial charge in [0.05, 0.1) is 17.0 Å². The number of fused-ring (bicyclic) bond motifs is 1. The van der Waals surface area contributed by atoms with Crippen molar-refractivity contribution in [1.82, 2.24) is 15.3 Å². The quantitative estimate of drug-likeness (QED) is 0.636. The molecule has 1 aliphatic carbocycles. The van der Waals surface area contributed by atoms with E-state index in [-0.39, 0.29) is 5.91 Å². The van der Waals surface area contributed by atoms with Gasteiger partial charge in [0.2, 0.25) is 0 Å². The molecule has 136 valence electrons. The molecule has 1 N–H and O–H groups in total. The molecule has 5 nitrogen and oxygen atoms in total. The minimum Gasteiger partial charge on any atom is -0.462 e. The first-order valence-electron chi connectivity index (χ1n) is 8.97. The third-order valence-corrected chi connectivity index (χ3v) is 6.69. The van der Waals surface area contributed by atoms with Crippen molar-refractivity contribution >= 4 is 28.6 Å². The molecule has 1 amide bonds. The molecule has 3 aromatic rings. The van der Waals surface area contributed by atoms with E-state index in [1.54, 1.807) is 6.26 Å². The van der Waals surface area contributed by atoms with Crippen molar-refractivity contribution in [2.24, 2.45) is 0 Å². The van der Waals surface area contributed by atoms with Gasteiger partial charge in [-0.05, 0) is 51.2 Å². The predicted octanol–water partition coefficient (Wildman–Crippen LogP) is 4.41. The van der Waals surface area contributed by atoms with E-state index in [9.17, 15) is 4.79 Å². The molecule has 7 heteroatoms. The van der Waals surface area contributed by atoms with Crippen LogP contribution in [-0.4, -0.2) is 22.4 Å². The lowest BCUT2D eigenvalue weighted by Crippen LogP contribution is -2.25. The zero-order chi connectivity index (χ0) is 17.9. The summed E-state index contributed by atoms with van der Waals surface area (Å²) in [6.45, 7) is 2.55. The van der Waals surface area contributed by atoms with Crippen LogP contribution in [0.2, 0.25) is 0 Å². The highest BCUT2D eigenvalue weighted by Gasteiger charge is 2.18. The highest BCUT2D eigenvalue weighted by Crippen LogP contribution is 2.28. The average Bonchev–Trinajstić information content (AvgIpc) is 3.36. The Morgan fingerprint density at radius 2 is 2.15 bits per heavy atom. The average molecular weight is 388 g/mol. The Labute approximate surface area is 160 Å². The van der Waals surface area contributed by atoms with Gasteiger partial charge in [0.15, 0.2) is 10.8 Å². The summed E-state index contributed by atoms with van der Waals surface area (Å²) in [5.74, 6) is 0.583. The van der Waals surface area contributed by atoms with E-state index in [2.05, 4.69) is 10.3 Å². The van der Waals surface area contributed by atoms with Crippen LogP contribution in [0.25, 0.3) is 10.8 Å². The molecule has 26 heavy (non-hydrogen) atoms. The molecule has 3 aromatic heterocycles. The summed E-state index contributed by atoms with van der Waals surface area (Å²) in [6.07, 6.45) is 8.30. The number of aryl methyl sites for hydroxylation is 4. The molecule has 0 unspecified atom stereocenters. The van der Waals surface area contributed by atoms with Crippen molar-refractivity contribution in [3.63, 3.8) is 0 Å². The van der Waals surface area contributed by atoms with E-state index in [0.29, 0.717) is 18.0 Å². The van der Waals surface area contributed by atoms with Gasteiger partial charge in [-0.1, -0.05) is 0 Å². The van der Waals surface area contributed by atoms with Gasteiger partial charge in [0.1, 0.15) is 5.69 Å². The first kappa shape index (κ1) is 17.4. The van der Waals surface area contributed by atoms with Crippen LogP contribution in [0.5, 0.6) is 0 Å². The third-order valence-electron chi connectivity index (χ3n) is 4.49. The number of nitrogens with one attached hydrogen (secondary N) is 1.